The van der Waals surface area contributed by atoms with E-state index in [1.54, 1.807) is 24.4 Å². The molecule has 0 saturated heterocycles. The predicted octanol–water partition coefficient (Wildman–Crippen LogP) is 3.85. The summed E-state index contributed by atoms with van der Waals surface area (Å²) >= 11 is 0. The van der Waals surface area contributed by atoms with E-state index in [4.69, 9.17) is 0 Å². The minimum Gasteiger partial charge on any atom is -0.360 e. The SMILES string of the molecule is Cc1cccc(C(=O)c2c[nH]c3cccc(F)c23)c1. The summed E-state index contributed by atoms with van der Waals surface area (Å²) in [6.45, 7) is 1.92. The molecule has 1 N–H and O–H groups in total. The molecule has 2 nitrogen and oxygen atoms in total. The number of hydrogen-bond donors (Lipinski definition) is 1. The molecule has 2 aromatic carbocycles. The van der Waals surface area contributed by atoms with Crippen LogP contribution in [0.5, 0.6) is 0 Å². The molecule has 19 heavy (non-hydrogen) atoms. The summed E-state index contributed by atoms with van der Waals surface area (Å²) in [5.41, 5.74) is 2.59. The van der Waals surface area contributed by atoms with Gasteiger partial charge in [-0.15, -0.1) is 0 Å². The molecule has 0 fully saturated rings. The smallest absolute Gasteiger partial charge is 0.195 e. The number of hydrogen-bond acceptors (Lipinski definition) is 1. The molecule has 3 aromatic rings. The van der Waals surface area contributed by atoms with Crippen LogP contribution in [-0.2, 0) is 0 Å². The van der Waals surface area contributed by atoms with Crippen LogP contribution in [0.25, 0.3) is 10.9 Å². The molecule has 0 aliphatic rings. The van der Waals surface area contributed by atoms with Gasteiger partial charge in [-0.1, -0.05) is 29.8 Å². The maximum atomic E-state index is 13.9. The lowest BCUT2D eigenvalue weighted by Crippen LogP contribution is -2.01. The first kappa shape index (κ1) is 11.7. The van der Waals surface area contributed by atoms with Crippen LogP contribution in [0.15, 0.2) is 48.7 Å². The fourth-order valence-electron chi connectivity index (χ4n) is 2.26. The van der Waals surface area contributed by atoms with E-state index < -0.39 is 0 Å². The van der Waals surface area contributed by atoms with E-state index in [1.165, 1.54) is 6.07 Å². The molecule has 0 saturated carbocycles. The molecule has 3 rings (SSSR count). The molecular formula is C16H12FNO. The van der Waals surface area contributed by atoms with Crippen molar-refractivity contribution in [3.05, 3.63) is 71.2 Å². The van der Waals surface area contributed by atoms with Gasteiger partial charge in [0.2, 0.25) is 0 Å². The second-order valence-corrected chi connectivity index (χ2v) is 4.56. The molecule has 0 amide bonds. The molecule has 0 aliphatic heterocycles. The molecule has 94 valence electrons. The van der Waals surface area contributed by atoms with Crippen LogP contribution in [0.3, 0.4) is 0 Å². The number of aromatic nitrogens is 1. The average molecular weight is 253 g/mol. The molecule has 0 radical (unpaired) electrons. The Morgan fingerprint density at radius 2 is 1.95 bits per heavy atom. The second-order valence-electron chi connectivity index (χ2n) is 4.56. The summed E-state index contributed by atoms with van der Waals surface area (Å²) in [6, 6.07) is 12.0. The Bertz CT molecular complexity index is 773. The number of halogens is 1. The standard InChI is InChI=1S/C16H12FNO/c1-10-4-2-5-11(8-10)16(19)12-9-18-14-7-3-6-13(17)15(12)14/h2-9,18H,1H3. The van der Waals surface area contributed by atoms with Gasteiger partial charge in [-0.05, 0) is 25.1 Å². The van der Waals surface area contributed by atoms with Crippen molar-refractivity contribution in [1.29, 1.82) is 0 Å². The van der Waals surface area contributed by atoms with Crippen molar-refractivity contribution in [2.45, 2.75) is 6.92 Å². The number of benzene rings is 2. The van der Waals surface area contributed by atoms with Gasteiger partial charge in [0.05, 0.1) is 5.56 Å². The number of H-pyrrole nitrogens is 1. The molecule has 0 spiro atoms. The van der Waals surface area contributed by atoms with Gasteiger partial charge in [0.15, 0.2) is 5.78 Å². The minimum absolute atomic E-state index is 0.167. The number of aromatic amines is 1. The van der Waals surface area contributed by atoms with Gasteiger partial charge in [-0.25, -0.2) is 4.39 Å². The zero-order valence-corrected chi connectivity index (χ0v) is 10.4. The largest absolute Gasteiger partial charge is 0.360 e. The topological polar surface area (TPSA) is 32.9 Å². The Morgan fingerprint density at radius 3 is 2.74 bits per heavy atom. The highest BCUT2D eigenvalue weighted by Crippen LogP contribution is 2.24. The van der Waals surface area contributed by atoms with Crippen LogP contribution in [0.1, 0.15) is 21.5 Å². The van der Waals surface area contributed by atoms with Crippen LogP contribution >= 0.6 is 0 Å². The third-order valence-electron chi connectivity index (χ3n) is 3.18. The first-order valence-electron chi connectivity index (χ1n) is 6.04. The normalized spacial score (nSPS) is 10.8. The Morgan fingerprint density at radius 1 is 1.16 bits per heavy atom. The fraction of sp³-hybridized carbons (Fsp3) is 0.0625. The van der Waals surface area contributed by atoms with Gasteiger partial charge in [-0.3, -0.25) is 4.79 Å². The van der Waals surface area contributed by atoms with Crippen LogP contribution in [-0.4, -0.2) is 10.8 Å². The quantitative estimate of drug-likeness (QED) is 0.691. The van der Waals surface area contributed by atoms with E-state index in [9.17, 15) is 9.18 Å². The van der Waals surface area contributed by atoms with E-state index in [1.807, 2.05) is 25.1 Å². The molecule has 0 unspecified atom stereocenters. The van der Waals surface area contributed by atoms with Crippen molar-refractivity contribution in [1.82, 2.24) is 4.98 Å². The van der Waals surface area contributed by atoms with Crippen LogP contribution < -0.4 is 0 Å². The van der Waals surface area contributed by atoms with E-state index in [0.29, 0.717) is 22.0 Å². The zero-order chi connectivity index (χ0) is 13.4. The highest BCUT2D eigenvalue weighted by Gasteiger charge is 2.16. The molecular weight excluding hydrogens is 241 g/mol. The van der Waals surface area contributed by atoms with Gasteiger partial charge in [0, 0.05) is 22.7 Å². The van der Waals surface area contributed by atoms with Crippen LogP contribution in [0, 0.1) is 12.7 Å². The Kier molecular flexibility index (Phi) is 2.67. The molecule has 0 aliphatic carbocycles. The zero-order valence-electron chi connectivity index (χ0n) is 10.4. The van der Waals surface area contributed by atoms with Gasteiger partial charge < -0.3 is 4.98 Å². The number of carbonyl (C=O) groups excluding carboxylic acids is 1. The van der Waals surface area contributed by atoms with Crippen molar-refractivity contribution < 1.29 is 9.18 Å². The maximum absolute atomic E-state index is 13.9. The molecule has 0 bridgehead atoms. The molecule has 0 atom stereocenters. The third-order valence-corrected chi connectivity index (χ3v) is 3.18. The lowest BCUT2D eigenvalue weighted by molar-refractivity contribution is 0.104. The van der Waals surface area contributed by atoms with E-state index in [-0.39, 0.29) is 11.6 Å². The van der Waals surface area contributed by atoms with Crippen LogP contribution in [0.2, 0.25) is 0 Å². The summed E-state index contributed by atoms with van der Waals surface area (Å²) in [6.07, 6.45) is 1.57. The summed E-state index contributed by atoms with van der Waals surface area (Å²) in [7, 11) is 0. The Labute approximate surface area is 109 Å². The van der Waals surface area contributed by atoms with E-state index in [0.717, 1.165) is 5.56 Å². The van der Waals surface area contributed by atoms with Gasteiger partial charge >= 0.3 is 0 Å². The molecule has 3 heteroatoms. The molecule has 1 heterocycles. The average Bonchev–Trinajstić information content (AvgIpc) is 2.83. The Balaban J connectivity index is 2.17. The highest BCUT2D eigenvalue weighted by molar-refractivity contribution is 6.16. The highest BCUT2D eigenvalue weighted by atomic mass is 19.1. The number of nitrogens with one attached hydrogen (secondary N) is 1. The van der Waals surface area contributed by atoms with Crippen molar-refractivity contribution in [2.75, 3.05) is 0 Å². The van der Waals surface area contributed by atoms with Gasteiger partial charge in [0.25, 0.3) is 0 Å². The molecule has 1 aromatic heterocycles. The first-order chi connectivity index (χ1) is 9.16. The maximum Gasteiger partial charge on any atom is 0.195 e. The number of fused-ring (bicyclic) bond motifs is 1. The lowest BCUT2D eigenvalue weighted by Gasteiger charge is -2.01. The van der Waals surface area contributed by atoms with E-state index in [2.05, 4.69) is 4.98 Å². The number of ketones is 1. The monoisotopic (exact) mass is 253 g/mol. The Hall–Kier alpha value is -2.42. The summed E-state index contributed by atoms with van der Waals surface area (Å²) in [4.78, 5) is 15.4. The number of rotatable bonds is 2. The summed E-state index contributed by atoms with van der Waals surface area (Å²) in [5.74, 6) is -0.546. The number of carbonyl (C=O) groups is 1. The van der Waals surface area contributed by atoms with Crippen LogP contribution in [0.4, 0.5) is 4.39 Å². The van der Waals surface area contributed by atoms with Crippen molar-refractivity contribution >= 4 is 16.7 Å². The third kappa shape index (κ3) is 1.93. The first-order valence-corrected chi connectivity index (χ1v) is 6.04. The van der Waals surface area contributed by atoms with Crippen molar-refractivity contribution in [3.8, 4) is 0 Å². The van der Waals surface area contributed by atoms with Gasteiger partial charge in [0.1, 0.15) is 5.82 Å². The summed E-state index contributed by atoms with van der Waals surface area (Å²) < 4.78 is 13.9. The predicted molar refractivity (Wildman–Crippen MR) is 72.9 cm³/mol. The van der Waals surface area contributed by atoms with Crippen molar-refractivity contribution in [3.63, 3.8) is 0 Å². The lowest BCUT2D eigenvalue weighted by atomic mass is 10.0. The van der Waals surface area contributed by atoms with E-state index >= 15 is 0 Å². The fourth-order valence-corrected chi connectivity index (χ4v) is 2.26. The van der Waals surface area contributed by atoms with Crippen molar-refractivity contribution in [2.24, 2.45) is 0 Å². The minimum atomic E-state index is -0.380. The summed E-state index contributed by atoms with van der Waals surface area (Å²) in [5, 5.41) is 0.356. The second kappa shape index (κ2) is 4.35. The van der Waals surface area contributed by atoms with Gasteiger partial charge in [-0.2, -0.15) is 0 Å². The number of aryl methyl sites for hydroxylation is 1.